The Labute approximate surface area is 113 Å². The third-order valence-electron chi connectivity index (χ3n) is 3.51. The molecule has 3 heteroatoms. The zero-order valence-corrected chi connectivity index (χ0v) is 12.1. The highest BCUT2D eigenvalue weighted by Crippen LogP contribution is 2.27. The van der Waals surface area contributed by atoms with E-state index in [4.69, 9.17) is 4.42 Å². The summed E-state index contributed by atoms with van der Waals surface area (Å²) in [5.41, 5.74) is 2.56. The van der Waals surface area contributed by atoms with Gasteiger partial charge in [0.15, 0.2) is 0 Å². The first-order chi connectivity index (χ1) is 9.06. The molecular formula is C16H21NO2. The van der Waals surface area contributed by atoms with Crippen molar-refractivity contribution in [2.75, 3.05) is 18.0 Å². The van der Waals surface area contributed by atoms with Gasteiger partial charge in [0.2, 0.25) is 0 Å². The topological polar surface area (TPSA) is 33.5 Å². The second-order valence-electron chi connectivity index (χ2n) is 5.03. The van der Waals surface area contributed by atoms with Gasteiger partial charge in [-0.05, 0) is 37.5 Å². The molecule has 0 radical (unpaired) electrons. The summed E-state index contributed by atoms with van der Waals surface area (Å²) in [6.45, 7) is 10.3. The molecule has 2 aromatic rings. The van der Waals surface area contributed by atoms with Crippen LogP contribution in [-0.2, 0) is 0 Å². The second-order valence-corrected chi connectivity index (χ2v) is 5.03. The number of fused-ring (bicyclic) bond motifs is 1. The third kappa shape index (κ3) is 2.65. The molecule has 0 fully saturated rings. The maximum atomic E-state index is 11.6. The number of nitrogens with zero attached hydrogens (tertiary/aromatic N) is 1. The molecule has 1 heterocycles. The molecule has 0 spiro atoms. The van der Waals surface area contributed by atoms with Crippen LogP contribution in [0.25, 0.3) is 11.0 Å². The monoisotopic (exact) mass is 259 g/mol. The average Bonchev–Trinajstić information content (AvgIpc) is 2.38. The molecule has 0 amide bonds. The first kappa shape index (κ1) is 13.7. The molecule has 0 N–H and O–H groups in total. The van der Waals surface area contributed by atoms with Crippen molar-refractivity contribution in [2.24, 2.45) is 0 Å². The fraction of sp³-hybridized carbons (Fsp3) is 0.438. The van der Waals surface area contributed by atoms with Crippen molar-refractivity contribution in [1.29, 1.82) is 0 Å². The quantitative estimate of drug-likeness (QED) is 0.784. The fourth-order valence-electron chi connectivity index (χ4n) is 2.44. The van der Waals surface area contributed by atoms with E-state index in [0.29, 0.717) is 11.5 Å². The molecule has 0 atom stereocenters. The van der Waals surface area contributed by atoms with E-state index in [1.807, 2.05) is 6.07 Å². The van der Waals surface area contributed by atoms with Crippen molar-refractivity contribution in [3.05, 3.63) is 40.2 Å². The van der Waals surface area contributed by atoms with Crippen LogP contribution in [0.1, 0.15) is 39.2 Å². The normalized spacial score (nSPS) is 11.2. The Morgan fingerprint density at radius 2 is 1.84 bits per heavy atom. The van der Waals surface area contributed by atoms with E-state index in [1.54, 1.807) is 6.07 Å². The zero-order valence-electron chi connectivity index (χ0n) is 12.1. The van der Waals surface area contributed by atoms with Crippen molar-refractivity contribution < 1.29 is 4.42 Å². The fourth-order valence-corrected chi connectivity index (χ4v) is 2.44. The average molecular weight is 259 g/mol. The van der Waals surface area contributed by atoms with Gasteiger partial charge in [0.1, 0.15) is 5.58 Å². The molecule has 0 saturated carbocycles. The second kappa shape index (κ2) is 5.47. The SMILES string of the molecule is CCN(CC)c1ccc2c(C(C)C)cc(=O)oc2c1. The van der Waals surface area contributed by atoms with Crippen LogP contribution in [0.15, 0.2) is 33.5 Å². The largest absolute Gasteiger partial charge is 0.423 e. The van der Waals surface area contributed by atoms with E-state index >= 15 is 0 Å². The molecule has 0 bridgehead atoms. The van der Waals surface area contributed by atoms with Gasteiger partial charge in [-0.3, -0.25) is 0 Å². The number of rotatable bonds is 4. The highest BCUT2D eigenvalue weighted by atomic mass is 16.4. The molecule has 0 aliphatic rings. The number of hydrogen-bond donors (Lipinski definition) is 0. The maximum Gasteiger partial charge on any atom is 0.336 e. The molecule has 19 heavy (non-hydrogen) atoms. The Balaban J connectivity index is 2.64. The van der Waals surface area contributed by atoms with Crippen LogP contribution in [0.4, 0.5) is 5.69 Å². The number of hydrogen-bond acceptors (Lipinski definition) is 3. The standard InChI is InChI=1S/C16H21NO2/c1-5-17(6-2)12-7-8-13-14(11(3)4)10-16(18)19-15(13)9-12/h7-11H,5-6H2,1-4H3. The van der Waals surface area contributed by atoms with Gasteiger partial charge in [-0.1, -0.05) is 13.8 Å². The zero-order chi connectivity index (χ0) is 14.0. The lowest BCUT2D eigenvalue weighted by molar-refractivity contribution is 0.557. The molecule has 0 aliphatic carbocycles. The maximum absolute atomic E-state index is 11.6. The Bertz CT molecular complexity index is 624. The van der Waals surface area contributed by atoms with Crippen LogP contribution in [0.2, 0.25) is 0 Å². The van der Waals surface area contributed by atoms with Gasteiger partial charge in [0.05, 0.1) is 0 Å². The summed E-state index contributed by atoms with van der Waals surface area (Å²) in [5, 5.41) is 1.03. The van der Waals surface area contributed by atoms with Gasteiger partial charge in [0, 0.05) is 36.3 Å². The number of benzene rings is 1. The molecule has 102 valence electrons. The van der Waals surface area contributed by atoms with E-state index in [-0.39, 0.29) is 5.63 Å². The van der Waals surface area contributed by atoms with E-state index in [9.17, 15) is 4.79 Å². The van der Waals surface area contributed by atoms with Gasteiger partial charge in [-0.15, -0.1) is 0 Å². The van der Waals surface area contributed by atoms with Gasteiger partial charge in [0.25, 0.3) is 0 Å². The highest BCUT2D eigenvalue weighted by Gasteiger charge is 2.11. The molecule has 0 aliphatic heterocycles. The lowest BCUT2D eigenvalue weighted by Gasteiger charge is -2.21. The van der Waals surface area contributed by atoms with Gasteiger partial charge < -0.3 is 9.32 Å². The predicted octanol–water partition coefficient (Wildman–Crippen LogP) is 3.76. The summed E-state index contributed by atoms with van der Waals surface area (Å²) in [6, 6.07) is 7.72. The molecule has 3 nitrogen and oxygen atoms in total. The lowest BCUT2D eigenvalue weighted by Crippen LogP contribution is -2.21. The van der Waals surface area contributed by atoms with Crippen molar-refractivity contribution in [1.82, 2.24) is 0 Å². The molecule has 0 unspecified atom stereocenters. The van der Waals surface area contributed by atoms with Gasteiger partial charge in [-0.25, -0.2) is 4.79 Å². The predicted molar refractivity (Wildman–Crippen MR) is 80.1 cm³/mol. The minimum atomic E-state index is -0.270. The lowest BCUT2D eigenvalue weighted by atomic mass is 9.99. The first-order valence-electron chi connectivity index (χ1n) is 6.89. The van der Waals surface area contributed by atoms with Crippen LogP contribution >= 0.6 is 0 Å². The third-order valence-corrected chi connectivity index (χ3v) is 3.51. The Morgan fingerprint density at radius 1 is 1.16 bits per heavy atom. The molecule has 2 rings (SSSR count). The molecule has 1 aromatic heterocycles. The molecule has 0 saturated heterocycles. The number of anilines is 1. The Kier molecular flexibility index (Phi) is 3.93. The minimum absolute atomic E-state index is 0.270. The van der Waals surface area contributed by atoms with E-state index < -0.39 is 0 Å². The van der Waals surface area contributed by atoms with Crippen LogP contribution in [0.3, 0.4) is 0 Å². The minimum Gasteiger partial charge on any atom is -0.423 e. The van der Waals surface area contributed by atoms with Crippen LogP contribution < -0.4 is 10.5 Å². The Morgan fingerprint density at radius 3 is 2.42 bits per heavy atom. The van der Waals surface area contributed by atoms with Gasteiger partial charge in [-0.2, -0.15) is 0 Å². The Hall–Kier alpha value is -1.77. The summed E-state index contributed by atoms with van der Waals surface area (Å²) in [4.78, 5) is 13.9. The van der Waals surface area contributed by atoms with Crippen molar-refractivity contribution in [3.63, 3.8) is 0 Å². The van der Waals surface area contributed by atoms with Crippen LogP contribution in [0.5, 0.6) is 0 Å². The van der Waals surface area contributed by atoms with E-state index in [1.165, 1.54) is 0 Å². The summed E-state index contributed by atoms with van der Waals surface area (Å²) < 4.78 is 5.35. The summed E-state index contributed by atoms with van der Waals surface area (Å²) in [7, 11) is 0. The summed E-state index contributed by atoms with van der Waals surface area (Å²) >= 11 is 0. The molecular weight excluding hydrogens is 238 g/mol. The summed E-state index contributed by atoms with van der Waals surface area (Å²) in [6.07, 6.45) is 0. The van der Waals surface area contributed by atoms with Gasteiger partial charge >= 0.3 is 5.63 Å². The molecule has 1 aromatic carbocycles. The first-order valence-corrected chi connectivity index (χ1v) is 6.89. The summed E-state index contributed by atoms with van der Waals surface area (Å²) in [5.74, 6) is 0.311. The van der Waals surface area contributed by atoms with Crippen LogP contribution in [-0.4, -0.2) is 13.1 Å². The smallest absolute Gasteiger partial charge is 0.336 e. The van der Waals surface area contributed by atoms with Crippen molar-refractivity contribution >= 4 is 16.7 Å². The highest BCUT2D eigenvalue weighted by molar-refractivity contribution is 5.84. The van der Waals surface area contributed by atoms with Crippen molar-refractivity contribution in [2.45, 2.75) is 33.6 Å². The van der Waals surface area contributed by atoms with E-state index in [2.05, 4.69) is 44.7 Å². The van der Waals surface area contributed by atoms with E-state index in [0.717, 1.165) is 29.7 Å². The van der Waals surface area contributed by atoms with Crippen molar-refractivity contribution in [3.8, 4) is 0 Å². The van der Waals surface area contributed by atoms with Crippen LogP contribution in [0, 0.1) is 0 Å².